The smallest absolute Gasteiger partial charge is 0.315 e. The number of rotatable bonds is 5. The van der Waals surface area contributed by atoms with Crippen LogP contribution >= 0.6 is 0 Å². The lowest BCUT2D eigenvalue weighted by atomic mass is 10.0. The summed E-state index contributed by atoms with van der Waals surface area (Å²) in [6.45, 7) is 5.90. The van der Waals surface area contributed by atoms with Gasteiger partial charge in [0.1, 0.15) is 0 Å². The molecule has 0 radical (unpaired) electrons. The maximum absolute atomic E-state index is 11.8. The molecular weight excluding hydrogens is 264 g/mol. The lowest BCUT2D eigenvalue weighted by Crippen LogP contribution is -2.53. The zero-order valence-corrected chi connectivity index (χ0v) is 11.9. The fraction of sp³-hybridized carbons (Fsp3) is 0.750. The van der Waals surface area contributed by atoms with E-state index in [-0.39, 0.29) is 18.9 Å². The molecule has 8 nitrogen and oxygen atoms in total. The number of carbonyl (C=O) groups is 3. The molecule has 0 aromatic rings. The van der Waals surface area contributed by atoms with Crippen molar-refractivity contribution >= 4 is 17.9 Å². The Balaban J connectivity index is 2.31. The Kier molecular flexibility index (Phi) is 5.75. The number of urea groups is 1. The predicted octanol–water partition coefficient (Wildman–Crippen LogP) is -1.03. The van der Waals surface area contributed by atoms with Gasteiger partial charge in [-0.05, 0) is 13.8 Å². The molecule has 1 aliphatic rings. The Morgan fingerprint density at radius 2 is 1.85 bits per heavy atom. The molecule has 0 unspecified atom stereocenters. The number of amides is 3. The molecule has 0 atom stereocenters. The highest BCUT2D eigenvalue weighted by atomic mass is 16.4. The van der Waals surface area contributed by atoms with E-state index in [0.29, 0.717) is 13.1 Å². The van der Waals surface area contributed by atoms with Crippen molar-refractivity contribution in [2.24, 2.45) is 0 Å². The van der Waals surface area contributed by atoms with E-state index >= 15 is 0 Å². The molecule has 0 aromatic carbocycles. The maximum atomic E-state index is 11.8. The topological polar surface area (TPSA) is 111 Å². The van der Waals surface area contributed by atoms with Crippen molar-refractivity contribution in [3.05, 3.63) is 0 Å². The lowest BCUT2D eigenvalue weighted by Gasteiger charge is -2.28. The SMILES string of the molecule is CC(C)(CC(=O)O)NC(=O)NCC(=O)N1CCNCC1. The van der Waals surface area contributed by atoms with Crippen LogP contribution in [0.2, 0.25) is 0 Å². The Bertz CT molecular complexity index is 378. The summed E-state index contributed by atoms with van der Waals surface area (Å²) < 4.78 is 0. The number of aliphatic carboxylic acids is 1. The highest BCUT2D eigenvalue weighted by molar-refractivity contribution is 5.84. The fourth-order valence-electron chi connectivity index (χ4n) is 1.96. The first-order valence-corrected chi connectivity index (χ1v) is 6.56. The van der Waals surface area contributed by atoms with Gasteiger partial charge in [0.2, 0.25) is 5.91 Å². The normalized spacial score (nSPS) is 15.6. The van der Waals surface area contributed by atoms with E-state index in [4.69, 9.17) is 5.11 Å². The molecule has 0 bridgehead atoms. The summed E-state index contributed by atoms with van der Waals surface area (Å²) in [6.07, 6.45) is -0.188. The number of hydrogen-bond donors (Lipinski definition) is 4. The third-order valence-electron chi connectivity index (χ3n) is 2.91. The summed E-state index contributed by atoms with van der Waals surface area (Å²) in [5, 5.41) is 16.8. The highest BCUT2D eigenvalue weighted by Crippen LogP contribution is 2.07. The Labute approximate surface area is 117 Å². The van der Waals surface area contributed by atoms with Gasteiger partial charge in [0.05, 0.1) is 13.0 Å². The van der Waals surface area contributed by atoms with Gasteiger partial charge >= 0.3 is 12.0 Å². The lowest BCUT2D eigenvalue weighted by molar-refractivity contribution is -0.138. The van der Waals surface area contributed by atoms with E-state index in [0.717, 1.165) is 13.1 Å². The third kappa shape index (κ3) is 5.87. The molecule has 1 saturated heterocycles. The van der Waals surface area contributed by atoms with Crippen LogP contribution < -0.4 is 16.0 Å². The second-order valence-corrected chi connectivity index (χ2v) is 5.39. The number of nitrogens with zero attached hydrogens (tertiary/aromatic N) is 1. The molecule has 1 aliphatic heterocycles. The van der Waals surface area contributed by atoms with Crippen LogP contribution in [0.5, 0.6) is 0 Å². The van der Waals surface area contributed by atoms with Crippen molar-refractivity contribution in [2.75, 3.05) is 32.7 Å². The molecule has 4 N–H and O–H groups in total. The summed E-state index contributed by atoms with van der Waals surface area (Å²) >= 11 is 0. The van der Waals surface area contributed by atoms with E-state index in [1.807, 2.05) is 0 Å². The molecule has 3 amide bonds. The van der Waals surface area contributed by atoms with Crippen molar-refractivity contribution in [3.63, 3.8) is 0 Å². The second-order valence-electron chi connectivity index (χ2n) is 5.39. The quantitative estimate of drug-likeness (QED) is 0.516. The van der Waals surface area contributed by atoms with Crippen LogP contribution in [-0.2, 0) is 9.59 Å². The molecule has 0 aromatic heterocycles. The average molecular weight is 286 g/mol. The molecule has 1 rings (SSSR count). The van der Waals surface area contributed by atoms with Gasteiger partial charge < -0.3 is 26.0 Å². The van der Waals surface area contributed by atoms with Crippen LogP contribution in [0.4, 0.5) is 4.79 Å². The van der Waals surface area contributed by atoms with E-state index in [1.165, 1.54) is 0 Å². The van der Waals surface area contributed by atoms with Crippen LogP contribution in [0.1, 0.15) is 20.3 Å². The molecular formula is C12H22N4O4. The standard InChI is InChI=1S/C12H22N4O4/c1-12(2,7-10(18)19)15-11(20)14-8-9(17)16-5-3-13-4-6-16/h13H,3-8H2,1-2H3,(H,18,19)(H2,14,15,20). The van der Waals surface area contributed by atoms with Gasteiger partial charge in [-0.1, -0.05) is 0 Å². The first-order valence-electron chi connectivity index (χ1n) is 6.56. The van der Waals surface area contributed by atoms with Crippen LogP contribution in [0.3, 0.4) is 0 Å². The van der Waals surface area contributed by atoms with Crippen molar-refractivity contribution < 1.29 is 19.5 Å². The molecule has 1 fully saturated rings. The zero-order valence-electron chi connectivity index (χ0n) is 11.9. The van der Waals surface area contributed by atoms with Gasteiger partial charge in [0.25, 0.3) is 0 Å². The highest BCUT2D eigenvalue weighted by Gasteiger charge is 2.24. The number of carboxylic acid groups (broad SMARTS) is 1. The second kappa shape index (κ2) is 7.09. The van der Waals surface area contributed by atoms with Crippen LogP contribution in [0.25, 0.3) is 0 Å². The number of piperazine rings is 1. The van der Waals surface area contributed by atoms with Crippen molar-refractivity contribution in [2.45, 2.75) is 25.8 Å². The van der Waals surface area contributed by atoms with Gasteiger partial charge in [-0.3, -0.25) is 9.59 Å². The molecule has 0 spiro atoms. The minimum atomic E-state index is -0.993. The monoisotopic (exact) mass is 286 g/mol. The first-order chi connectivity index (χ1) is 9.30. The van der Waals surface area contributed by atoms with Crippen LogP contribution in [0, 0.1) is 0 Å². The average Bonchev–Trinajstić information content (AvgIpc) is 2.34. The molecule has 8 heteroatoms. The largest absolute Gasteiger partial charge is 0.481 e. The minimum Gasteiger partial charge on any atom is -0.481 e. The Hall–Kier alpha value is -1.83. The van der Waals surface area contributed by atoms with Gasteiger partial charge in [-0.2, -0.15) is 0 Å². The molecule has 0 aliphatic carbocycles. The number of hydrogen-bond acceptors (Lipinski definition) is 4. The van der Waals surface area contributed by atoms with Crippen molar-refractivity contribution in [1.82, 2.24) is 20.9 Å². The summed E-state index contributed by atoms with van der Waals surface area (Å²) in [4.78, 5) is 35.7. The predicted molar refractivity (Wildman–Crippen MR) is 72.3 cm³/mol. The van der Waals surface area contributed by atoms with Gasteiger partial charge in [-0.25, -0.2) is 4.79 Å². The van der Waals surface area contributed by atoms with Gasteiger partial charge in [0.15, 0.2) is 0 Å². The van der Waals surface area contributed by atoms with Gasteiger partial charge in [0, 0.05) is 31.7 Å². The Morgan fingerprint density at radius 3 is 2.40 bits per heavy atom. The summed E-state index contributed by atoms with van der Waals surface area (Å²) in [6, 6.07) is -0.542. The number of nitrogens with one attached hydrogen (secondary N) is 3. The zero-order chi connectivity index (χ0) is 15.2. The van der Waals surface area contributed by atoms with E-state index in [9.17, 15) is 14.4 Å². The number of carbonyl (C=O) groups excluding carboxylic acids is 2. The summed E-state index contributed by atoms with van der Waals surface area (Å²) in [5.41, 5.74) is -0.867. The van der Waals surface area contributed by atoms with Crippen molar-refractivity contribution in [3.8, 4) is 0 Å². The first kappa shape index (κ1) is 16.2. The van der Waals surface area contributed by atoms with Crippen LogP contribution in [0.15, 0.2) is 0 Å². The minimum absolute atomic E-state index is 0.0883. The maximum Gasteiger partial charge on any atom is 0.315 e. The van der Waals surface area contributed by atoms with E-state index in [1.54, 1.807) is 18.7 Å². The molecule has 0 saturated carbocycles. The molecule has 20 heavy (non-hydrogen) atoms. The van der Waals surface area contributed by atoms with E-state index < -0.39 is 17.5 Å². The van der Waals surface area contributed by atoms with Crippen molar-refractivity contribution in [1.29, 1.82) is 0 Å². The Morgan fingerprint density at radius 1 is 1.25 bits per heavy atom. The van der Waals surface area contributed by atoms with Crippen LogP contribution in [-0.4, -0.2) is 66.2 Å². The number of carboxylic acids is 1. The molecule has 1 heterocycles. The molecule has 114 valence electrons. The summed E-state index contributed by atoms with van der Waals surface area (Å²) in [7, 11) is 0. The van der Waals surface area contributed by atoms with E-state index in [2.05, 4.69) is 16.0 Å². The fourth-order valence-corrected chi connectivity index (χ4v) is 1.96. The van der Waals surface area contributed by atoms with Gasteiger partial charge in [-0.15, -0.1) is 0 Å². The summed E-state index contributed by atoms with van der Waals surface area (Å²) in [5.74, 6) is -1.13. The third-order valence-corrected chi connectivity index (χ3v) is 2.91.